The van der Waals surface area contributed by atoms with E-state index >= 15 is 0 Å². The minimum Gasteiger partial charge on any atom is -0.497 e. The number of nitrogens with two attached hydrogens (primary N) is 1. The maximum absolute atomic E-state index is 5.96. The minimum atomic E-state index is 0.468. The van der Waals surface area contributed by atoms with E-state index in [9.17, 15) is 0 Å². The van der Waals surface area contributed by atoms with E-state index in [1.54, 1.807) is 18.4 Å². The largest absolute Gasteiger partial charge is 0.497 e. The van der Waals surface area contributed by atoms with Crippen LogP contribution in [0.25, 0.3) is 10.6 Å². The molecule has 0 saturated carbocycles. The van der Waals surface area contributed by atoms with E-state index in [2.05, 4.69) is 20.2 Å². The molecule has 0 aliphatic carbocycles. The van der Waals surface area contributed by atoms with Crippen LogP contribution in [-0.2, 0) is 11.3 Å². The van der Waals surface area contributed by atoms with Gasteiger partial charge in [-0.05, 0) is 37.2 Å². The lowest BCUT2D eigenvalue weighted by Crippen LogP contribution is -2.39. The van der Waals surface area contributed by atoms with E-state index in [1.807, 2.05) is 29.6 Å². The van der Waals surface area contributed by atoms with Crippen molar-refractivity contribution < 1.29 is 9.47 Å². The van der Waals surface area contributed by atoms with Gasteiger partial charge in [-0.25, -0.2) is 9.98 Å². The summed E-state index contributed by atoms with van der Waals surface area (Å²) in [5.41, 5.74) is 7.95. The first-order chi connectivity index (χ1) is 13.2. The van der Waals surface area contributed by atoms with Crippen LogP contribution in [0, 0.1) is 0 Å². The Kier molecular flexibility index (Phi) is 7.44. The predicted molar refractivity (Wildman–Crippen MR) is 109 cm³/mol. The molecule has 0 unspecified atom stereocenters. The van der Waals surface area contributed by atoms with Gasteiger partial charge in [0.15, 0.2) is 5.96 Å². The molecule has 146 valence electrons. The molecule has 2 aromatic rings. The highest BCUT2D eigenvalue weighted by Crippen LogP contribution is 2.25. The molecule has 0 bridgehead atoms. The van der Waals surface area contributed by atoms with Gasteiger partial charge in [-0.2, -0.15) is 0 Å². The number of nitrogens with one attached hydrogen (secondary N) is 1. The smallest absolute Gasteiger partial charge is 0.188 e. The van der Waals surface area contributed by atoms with Crippen LogP contribution in [0.15, 0.2) is 34.6 Å². The van der Waals surface area contributed by atoms with E-state index in [4.69, 9.17) is 15.2 Å². The molecule has 2 heterocycles. The topological polar surface area (TPSA) is 85.0 Å². The van der Waals surface area contributed by atoms with Crippen molar-refractivity contribution >= 4 is 17.3 Å². The molecule has 0 atom stereocenters. The number of aliphatic imine (C=N–C) groups is 1. The van der Waals surface area contributed by atoms with E-state index in [1.165, 1.54) is 0 Å². The zero-order valence-electron chi connectivity index (χ0n) is 15.7. The van der Waals surface area contributed by atoms with E-state index < -0.39 is 0 Å². The first-order valence-electron chi connectivity index (χ1n) is 9.17. The summed E-state index contributed by atoms with van der Waals surface area (Å²) in [7, 11) is 1.66. The molecule has 0 radical (unpaired) electrons. The third kappa shape index (κ3) is 6.20. The molecule has 0 spiro atoms. The van der Waals surface area contributed by atoms with Crippen LogP contribution in [-0.4, -0.2) is 62.3 Å². The fraction of sp³-hybridized carbons (Fsp3) is 0.474. The third-order valence-electron chi connectivity index (χ3n) is 4.36. The molecule has 3 N–H and O–H groups in total. The zero-order valence-corrected chi connectivity index (χ0v) is 16.5. The Labute approximate surface area is 164 Å². The molecule has 1 aromatic heterocycles. The van der Waals surface area contributed by atoms with Crippen molar-refractivity contribution in [2.45, 2.75) is 13.0 Å². The average Bonchev–Trinajstić information content (AvgIpc) is 3.19. The van der Waals surface area contributed by atoms with Crippen molar-refractivity contribution in [2.75, 3.05) is 46.5 Å². The first-order valence-corrected chi connectivity index (χ1v) is 10.1. The Morgan fingerprint density at radius 2 is 2.11 bits per heavy atom. The number of aromatic nitrogens is 1. The van der Waals surface area contributed by atoms with Gasteiger partial charge < -0.3 is 20.5 Å². The standard InChI is InChI=1S/C19H27N5O2S/c1-25-17-5-3-15(4-6-17)18-23-16(14-27-18)13-22-19(20)21-7-2-8-24-9-11-26-12-10-24/h3-6,14H,2,7-13H2,1H3,(H3,20,21,22). The summed E-state index contributed by atoms with van der Waals surface area (Å²) < 4.78 is 10.5. The lowest BCUT2D eigenvalue weighted by Gasteiger charge is -2.26. The molecule has 1 aliphatic heterocycles. The van der Waals surface area contributed by atoms with Gasteiger partial charge in [0.25, 0.3) is 0 Å². The zero-order chi connectivity index (χ0) is 18.9. The van der Waals surface area contributed by atoms with Crippen LogP contribution < -0.4 is 15.8 Å². The number of hydrogen-bond acceptors (Lipinski definition) is 6. The molecule has 7 nitrogen and oxygen atoms in total. The van der Waals surface area contributed by atoms with Crippen LogP contribution in [0.4, 0.5) is 0 Å². The highest BCUT2D eigenvalue weighted by molar-refractivity contribution is 7.13. The number of hydrogen-bond donors (Lipinski definition) is 2. The highest BCUT2D eigenvalue weighted by Gasteiger charge is 2.09. The predicted octanol–water partition coefficient (Wildman–Crippen LogP) is 1.95. The second-order valence-electron chi connectivity index (χ2n) is 6.31. The second kappa shape index (κ2) is 10.2. The molecule has 1 aliphatic rings. The van der Waals surface area contributed by atoms with Crippen LogP contribution >= 0.6 is 11.3 Å². The third-order valence-corrected chi connectivity index (χ3v) is 5.30. The summed E-state index contributed by atoms with van der Waals surface area (Å²) in [4.78, 5) is 11.4. The van der Waals surface area contributed by atoms with Gasteiger partial charge in [-0.15, -0.1) is 11.3 Å². The minimum absolute atomic E-state index is 0.468. The lowest BCUT2D eigenvalue weighted by molar-refractivity contribution is 0.0376. The summed E-state index contributed by atoms with van der Waals surface area (Å²) in [6.45, 7) is 6.07. The van der Waals surface area contributed by atoms with Crippen molar-refractivity contribution in [1.82, 2.24) is 15.2 Å². The molecule has 1 fully saturated rings. The Hall–Kier alpha value is -2.16. The molecule has 3 rings (SSSR count). The number of nitrogens with zero attached hydrogens (tertiary/aromatic N) is 3. The van der Waals surface area contributed by atoms with Crippen LogP contribution in [0.5, 0.6) is 5.75 Å². The molecular weight excluding hydrogens is 362 g/mol. The summed E-state index contributed by atoms with van der Waals surface area (Å²) in [5, 5.41) is 6.17. The molecule has 0 amide bonds. The molecule has 8 heteroatoms. The van der Waals surface area contributed by atoms with Gasteiger partial charge >= 0.3 is 0 Å². The average molecular weight is 390 g/mol. The molecule has 1 saturated heterocycles. The van der Waals surface area contributed by atoms with E-state index in [-0.39, 0.29) is 0 Å². The summed E-state index contributed by atoms with van der Waals surface area (Å²) in [6.07, 6.45) is 1.04. The van der Waals surface area contributed by atoms with Gasteiger partial charge in [-0.3, -0.25) is 4.90 Å². The van der Waals surface area contributed by atoms with E-state index in [0.29, 0.717) is 12.5 Å². The lowest BCUT2D eigenvalue weighted by atomic mass is 10.2. The first kappa shape index (κ1) is 19.6. The van der Waals surface area contributed by atoms with Crippen molar-refractivity contribution in [3.8, 4) is 16.3 Å². The van der Waals surface area contributed by atoms with Gasteiger partial charge in [0.05, 0.1) is 32.6 Å². The van der Waals surface area contributed by atoms with Crippen LogP contribution in [0.2, 0.25) is 0 Å². The summed E-state index contributed by atoms with van der Waals surface area (Å²) in [5.74, 6) is 1.31. The van der Waals surface area contributed by atoms with Crippen LogP contribution in [0.1, 0.15) is 12.1 Å². The quantitative estimate of drug-likeness (QED) is 0.408. The Morgan fingerprint density at radius 3 is 2.85 bits per heavy atom. The monoisotopic (exact) mass is 389 g/mol. The normalized spacial score (nSPS) is 15.7. The maximum atomic E-state index is 5.96. The van der Waals surface area contributed by atoms with Crippen LogP contribution in [0.3, 0.4) is 0 Å². The Balaban J connectivity index is 1.41. The van der Waals surface area contributed by atoms with Gasteiger partial charge in [0.2, 0.25) is 0 Å². The Morgan fingerprint density at radius 1 is 1.33 bits per heavy atom. The van der Waals surface area contributed by atoms with Crippen molar-refractivity contribution in [2.24, 2.45) is 10.7 Å². The second-order valence-corrected chi connectivity index (χ2v) is 7.17. The SMILES string of the molecule is COc1ccc(-c2nc(CN=C(N)NCCCN3CCOCC3)cs2)cc1. The molecule has 27 heavy (non-hydrogen) atoms. The van der Waals surface area contributed by atoms with E-state index in [0.717, 1.165) is 67.8 Å². The van der Waals surface area contributed by atoms with Crippen molar-refractivity contribution in [3.05, 3.63) is 35.3 Å². The number of morpholine rings is 1. The number of thiazole rings is 1. The fourth-order valence-electron chi connectivity index (χ4n) is 2.81. The highest BCUT2D eigenvalue weighted by atomic mass is 32.1. The fourth-order valence-corrected chi connectivity index (χ4v) is 3.63. The number of benzene rings is 1. The Bertz CT molecular complexity index is 726. The molecule has 1 aromatic carbocycles. The number of methoxy groups -OCH3 is 1. The van der Waals surface area contributed by atoms with Crippen molar-refractivity contribution in [1.29, 1.82) is 0 Å². The number of rotatable bonds is 8. The molecular formula is C19H27N5O2S. The number of ether oxygens (including phenoxy) is 2. The van der Waals surface area contributed by atoms with Gasteiger partial charge in [0, 0.05) is 30.6 Å². The van der Waals surface area contributed by atoms with Gasteiger partial charge in [-0.1, -0.05) is 0 Å². The van der Waals surface area contributed by atoms with Gasteiger partial charge in [0.1, 0.15) is 10.8 Å². The summed E-state index contributed by atoms with van der Waals surface area (Å²) >= 11 is 1.61. The van der Waals surface area contributed by atoms with Crippen molar-refractivity contribution in [3.63, 3.8) is 0 Å². The maximum Gasteiger partial charge on any atom is 0.188 e. The summed E-state index contributed by atoms with van der Waals surface area (Å²) in [6, 6.07) is 7.89. The number of guanidine groups is 1.